The monoisotopic (exact) mass is 487 g/mol. The number of thioether (sulfide) groups is 1. The number of fused-ring (bicyclic) bond motifs is 3. The van der Waals surface area contributed by atoms with Crippen LogP contribution in [0.1, 0.15) is 16.7 Å². The second-order valence-corrected chi connectivity index (χ2v) is 9.20. The quantitative estimate of drug-likeness (QED) is 0.363. The van der Waals surface area contributed by atoms with Gasteiger partial charge in [0.2, 0.25) is 11.7 Å². The number of para-hydroxylation sites is 1. The molecule has 7 nitrogen and oxygen atoms in total. The molecule has 0 atom stereocenters. The van der Waals surface area contributed by atoms with Crippen LogP contribution in [0.25, 0.3) is 22.4 Å². The summed E-state index contributed by atoms with van der Waals surface area (Å²) in [7, 11) is 0. The summed E-state index contributed by atoms with van der Waals surface area (Å²) in [5, 5.41) is 12.5. The van der Waals surface area contributed by atoms with Crippen molar-refractivity contribution in [3.8, 4) is 5.69 Å². The van der Waals surface area contributed by atoms with Gasteiger partial charge in [-0.15, -0.1) is 10.2 Å². The number of hydrogen-bond acceptors (Lipinski definition) is 5. The number of hydrogen-bond donors (Lipinski definition) is 1. The fourth-order valence-corrected chi connectivity index (χ4v) is 4.70. The molecular formula is C26H22FN5O2S. The summed E-state index contributed by atoms with van der Waals surface area (Å²) in [6, 6.07) is 19.2. The summed E-state index contributed by atoms with van der Waals surface area (Å²) in [5.74, 6) is -0.0143. The highest BCUT2D eigenvalue weighted by Crippen LogP contribution is 2.24. The minimum atomic E-state index is -0.319. The molecule has 5 rings (SSSR count). The van der Waals surface area contributed by atoms with E-state index in [9.17, 15) is 14.0 Å². The molecule has 0 radical (unpaired) electrons. The number of amides is 1. The lowest BCUT2D eigenvalue weighted by Crippen LogP contribution is -2.25. The maximum atomic E-state index is 13.5. The van der Waals surface area contributed by atoms with E-state index in [4.69, 9.17) is 0 Å². The fourth-order valence-electron chi connectivity index (χ4n) is 3.93. The van der Waals surface area contributed by atoms with Crippen molar-refractivity contribution in [2.24, 2.45) is 0 Å². The summed E-state index contributed by atoms with van der Waals surface area (Å²) in [6.07, 6.45) is 0. The zero-order valence-corrected chi connectivity index (χ0v) is 20.0. The molecule has 2 aromatic heterocycles. The van der Waals surface area contributed by atoms with E-state index in [1.807, 2.05) is 54.6 Å². The smallest absolute Gasteiger partial charge is 0.267 e. The van der Waals surface area contributed by atoms with Gasteiger partial charge < -0.3 is 5.32 Å². The molecule has 0 saturated carbocycles. The van der Waals surface area contributed by atoms with Crippen molar-refractivity contribution in [1.29, 1.82) is 0 Å². The number of aryl methyl sites for hydroxylation is 2. The first-order valence-electron chi connectivity index (χ1n) is 11.0. The molecule has 176 valence electrons. The molecule has 0 saturated heterocycles. The minimum Gasteiger partial charge on any atom is -0.351 e. The van der Waals surface area contributed by atoms with Crippen LogP contribution in [0.3, 0.4) is 0 Å². The predicted molar refractivity (Wildman–Crippen MR) is 135 cm³/mol. The first-order chi connectivity index (χ1) is 16.9. The zero-order valence-electron chi connectivity index (χ0n) is 19.2. The molecular weight excluding hydrogens is 465 g/mol. The van der Waals surface area contributed by atoms with E-state index in [0.717, 1.165) is 22.4 Å². The lowest BCUT2D eigenvalue weighted by atomic mass is 10.1. The molecule has 9 heteroatoms. The number of halogens is 1. The van der Waals surface area contributed by atoms with Crippen LogP contribution in [-0.4, -0.2) is 30.8 Å². The minimum absolute atomic E-state index is 0.110. The summed E-state index contributed by atoms with van der Waals surface area (Å²) >= 11 is 1.24. The van der Waals surface area contributed by atoms with E-state index in [1.54, 1.807) is 22.8 Å². The van der Waals surface area contributed by atoms with Gasteiger partial charge in [-0.2, -0.15) is 0 Å². The molecule has 0 fully saturated rings. The number of rotatable bonds is 6. The van der Waals surface area contributed by atoms with Gasteiger partial charge in [-0.3, -0.25) is 14.0 Å². The van der Waals surface area contributed by atoms with Crippen LogP contribution < -0.4 is 10.9 Å². The van der Waals surface area contributed by atoms with E-state index in [1.165, 1.54) is 23.9 Å². The van der Waals surface area contributed by atoms with E-state index in [-0.39, 0.29) is 23.0 Å². The van der Waals surface area contributed by atoms with Crippen molar-refractivity contribution in [1.82, 2.24) is 24.5 Å². The molecule has 0 bridgehead atoms. The third-order valence-electron chi connectivity index (χ3n) is 5.74. The van der Waals surface area contributed by atoms with Crippen molar-refractivity contribution in [3.05, 3.63) is 99.6 Å². The second-order valence-electron chi connectivity index (χ2n) is 8.26. The average molecular weight is 488 g/mol. The van der Waals surface area contributed by atoms with Crippen LogP contribution in [0.2, 0.25) is 0 Å². The van der Waals surface area contributed by atoms with Crippen molar-refractivity contribution >= 4 is 34.3 Å². The lowest BCUT2D eigenvalue weighted by Gasteiger charge is -2.14. The molecule has 1 N–H and O–H groups in total. The number of aromatic nitrogens is 4. The molecule has 0 aliphatic carbocycles. The molecule has 2 heterocycles. The number of carbonyl (C=O) groups is 1. The van der Waals surface area contributed by atoms with Gasteiger partial charge in [0.1, 0.15) is 5.82 Å². The maximum Gasteiger partial charge on any atom is 0.267 e. The van der Waals surface area contributed by atoms with Crippen molar-refractivity contribution < 1.29 is 9.18 Å². The zero-order chi connectivity index (χ0) is 24.5. The number of nitrogens with zero attached hydrogens (tertiary/aromatic N) is 4. The number of nitrogens with one attached hydrogen (secondary N) is 1. The number of carbonyl (C=O) groups excluding carboxylic acids is 1. The van der Waals surface area contributed by atoms with Gasteiger partial charge in [-0.25, -0.2) is 8.96 Å². The van der Waals surface area contributed by atoms with Crippen molar-refractivity contribution in [2.75, 3.05) is 5.75 Å². The lowest BCUT2D eigenvalue weighted by molar-refractivity contribution is -0.118. The highest BCUT2D eigenvalue weighted by molar-refractivity contribution is 7.99. The van der Waals surface area contributed by atoms with Crippen molar-refractivity contribution in [3.63, 3.8) is 0 Å². The predicted octanol–water partition coefficient (Wildman–Crippen LogP) is 4.20. The Labute approximate surface area is 204 Å². The van der Waals surface area contributed by atoms with Crippen LogP contribution in [0.4, 0.5) is 4.39 Å². The Balaban J connectivity index is 1.50. The summed E-state index contributed by atoms with van der Waals surface area (Å²) < 4.78 is 16.5. The van der Waals surface area contributed by atoms with E-state index in [2.05, 4.69) is 15.5 Å². The highest BCUT2D eigenvalue weighted by Gasteiger charge is 2.19. The van der Waals surface area contributed by atoms with Gasteiger partial charge in [0.25, 0.3) is 5.56 Å². The molecule has 3 aromatic carbocycles. The van der Waals surface area contributed by atoms with Crippen LogP contribution in [0.15, 0.2) is 76.7 Å². The Hall–Kier alpha value is -3.98. The molecule has 0 aliphatic rings. The van der Waals surface area contributed by atoms with Crippen LogP contribution in [0.5, 0.6) is 0 Å². The van der Waals surface area contributed by atoms with Crippen LogP contribution in [-0.2, 0) is 11.3 Å². The SMILES string of the molecule is Cc1ccc(C)c(-n2c(=O)c3ccccc3n3c(SCC(=O)NCc4ccc(F)cc4)nnc23)c1. The first-order valence-corrected chi connectivity index (χ1v) is 12.0. The number of benzene rings is 3. The third-order valence-corrected chi connectivity index (χ3v) is 6.66. The maximum absolute atomic E-state index is 13.5. The topological polar surface area (TPSA) is 81.3 Å². The molecule has 0 aliphatic heterocycles. The highest BCUT2D eigenvalue weighted by atomic mass is 32.2. The molecule has 0 spiro atoms. The van der Waals surface area contributed by atoms with Gasteiger partial charge >= 0.3 is 0 Å². The second kappa shape index (κ2) is 9.34. The standard InChI is InChI=1S/C26H22FN5O2S/c1-16-7-8-17(2)22(13-16)31-24(34)20-5-3-4-6-21(20)32-25(31)29-30-26(32)35-15-23(33)28-14-18-9-11-19(27)12-10-18/h3-13H,14-15H2,1-2H3,(H,28,33). The molecule has 5 aromatic rings. The average Bonchev–Trinajstić information content (AvgIpc) is 3.28. The van der Waals surface area contributed by atoms with E-state index in [0.29, 0.717) is 28.4 Å². The van der Waals surface area contributed by atoms with Gasteiger partial charge in [0, 0.05) is 6.54 Å². The van der Waals surface area contributed by atoms with Crippen LogP contribution >= 0.6 is 11.8 Å². The first kappa shape index (κ1) is 22.8. The Morgan fingerprint density at radius 2 is 1.80 bits per heavy atom. The Kier molecular flexibility index (Phi) is 6.08. The molecule has 35 heavy (non-hydrogen) atoms. The van der Waals surface area contributed by atoms with Gasteiger partial charge in [-0.1, -0.05) is 48.2 Å². The van der Waals surface area contributed by atoms with Crippen molar-refractivity contribution in [2.45, 2.75) is 25.5 Å². The summed E-state index contributed by atoms with van der Waals surface area (Å²) in [5.41, 5.74) is 4.01. The normalized spacial score (nSPS) is 11.3. The fraction of sp³-hybridized carbons (Fsp3) is 0.154. The van der Waals surface area contributed by atoms with E-state index >= 15 is 0 Å². The summed E-state index contributed by atoms with van der Waals surface area (Å²) in [6.45, 7) is 4.22. The van der Waals surface area contributed by atoms with E-state index < -0.39 is 0 Å². The largest absolute Gasteiger partial charge is 0.351 e. The Morgan fingerprint density at radius 1 is 1.03 bits per heavy atom. The Morgan fingerprint density at radius 3 is 2.60 bits per heavy atom. The molecule has 1 amide bonds. The molecule has 0 unspecified atom stereocenters. The van der Waals surface area contributed by atoms with Gasteiger partial charge in [0.15, 0.2) is 5.16 Å². The Bertz CT molecular complexity index is 1630. The van der Waals surface area contributed by atoms with Crippen LogP contribution in [0, 0.1) is 19.7 Å². The third kappa shape index (κ3) is 4.42. The summed E-state index contributed by atoms with van der Waals surface area (Å²) in [4.78, 5) is 26.0. The van der Waals surface area contributed by atoms with Gasteiger partial charge in [-0.05, 0) is 60.9 Å². The van der Waals surface area contributed by atoms with Gasteiger partial charge in [0.05, 0.1) is 22.3 Å².